The molecule has 1 atom stereocenters. The molecule has 0 amide bonds. The van der Waals surface area contributed by atoms with E-state index in [1.807, 2.05) is 12.1 Å². The second-order valence-electron chi connectivity index (χ2n) is 9.44. The van der Waals surface area contributed by atoms with Crippen LogP contribution in [0.15, 0.2) is 29.2 Å². The summed E-state index contributed by atoms with van der Waals surface area (Å²) in [7, 11) is 1.63. The van der Waals surface area contributed by atoms with Crippen LogP contribution in [0.25, 0.3) is 21.3 Å². The Hall–Kier alpha value is -2.44. The van der Waals surface area contributed by atoms with Gasteiger partial charge in [-0.05, 0) is 61.8 Å². The van der Waals surface area contributed by atoms with E-state index in [0.29, 0.717) is 11.1 Å². The van der Waals surface area contributed by atoms with Crippen molar-refractivity contribution in [3.8, 4) is 16.2 Å². The van der Waals surface area contributed by atoms with Crippen LogP contribution < -0.4 is 10.2 Å². The fraction of sp³-hybridized carbons (Fsp3) is 0.440. The number of carbonyl (C=O) groups is 1. The van der Waals surface area contributed by atoms with Crippen molar-refractivity contribution in [3.05, 3.63) is 50.6 Å². The van der Waals surface area contributed by atoms with Gasteiger partial charge in [0.05, 0.1) is 29.7 Å². The summed E-state index contributed by atoms with van der Waals surface area (Å²) in [5.41, 5.74) is 2.86. The van der Waals surface area contributed by atoms with Crippen LogP contribution >= 0.6 is 11.3 Å². The van der Waals surface area contributed by atoms with Crippen molar-refractivity contribution in [2.24, 2.45) is 0 Å². The quantitative estimate of drug-likeness (QED) is 0.556. The number of benzene rings is 1. The van der Waals surface area contributed by atoms with E-state index in [0.717, 1.165) is 46.5 Å². The Balaban J connectivity index is 1.79. The largest absolute Gasteiger partial charge is 0.494 e. The molecule has 2 aliphatic carbocycles. The number of ketones is 1. The molecule has 0 bridgehead atoms. The Morgan fingerprint density at radius 3 is 2.61 bits per heavy atom. The molecular formula is C25H27NO4S. The van der Waals surface area contributed by atoms with Crippen molar-refractivity contribution in [1.82, 2.24) is 4.57 Å². The maximum Gasteiger partial charge on any atom is 0.200 e. The number of pyridine rings is 1. The molecular weight excluding hydrogens is 410 g/mol. The van der Waals surface area contributed by atoms with Crippen LogP contribution in [-0.2, 0) is 5.41 Å². The fourth-order valence-electron chi connectivity index (χ4n) is 4.79. The first kappa shape index (κ1) is 20.5. The zero-order valence-electron chi connectivity index (χ0n) is 18.3. The number of carbonyl (C=O) groups excluding carboxylic acids is 1. The molecule has 31 heavy (non-hydrogen) atoms. The number of nitrogens with zero attached hydrogens (tertiary/aromatic N) is 1. The zero-order valence-corrected chi connectivity index (χ0v) is 19.1. The Bertz CT molecular complexity index is 1280. The SMILES string of the molecule is COc1c(-c2cc3c(s2)C(O)CCC3(C)C)ccc2c(=O)c(C(C)=O)cn(C3CC3)c12. The number of hydrogen-bond acceptors (Lipinski definition) is 5. The molecule has 5 rings (SSSR count). The highest BCUT2D eigenvalue weighted by atomic mass is 32.1. The zero-order chi connectivity index (χ0) is 22.1. The molecule has 1 fully saturated rings. The number of thiophene rings is 1. The average molecular weight is 438 g/mol. The normalized spacial score (nSPS) is 20.0. The summed E-state index contributed by atoms with van der Waals surface area (Å²) in [4.78, 5) is 27.2. The van der Waals surface area contributed by atoms with E-state index in [2.05, 4.69) is 24.5 Å². The van der Waals surface area contributed by atoms with Gasteiger partial charge in [0.15, 0.2) is 17.0 Å². The lowest BCUT2D eigenvalue weighted by Gasteiger charge is -2.32. The van der Waals surface area contributed by atoms with Gasteiger partial charge in [-0.25, -0.2) is 0 Å². The van der Waals surface area contributed by atoms with E-state index < -0.39 is 6.10 Å². The molecule has 2 aromatic heterocycles. The van der Waals surface area contributed by atoms with Gasteiger partial charge in [0.25, 0.3) is 0 Å². The summed E-state index contributed by atoms with van der Waals surface area (Å²) in [5.74, 6) is 0.439. The average Bonchev–Trinajstić information content (AvgIpc) is 3.47. The first-order valence-electron chi connectivity index (χ1n) is 10.8. The molecule has 0 radical (unpaired) electrons. The van der Waals surface area contributed by atoms with Gasteiger partial charge in [0.1, 0.15) is 0 Å². The van der Waals surface area contributed by atoms with Crippen molar-refractivity contribution in [2.45, 2.75) is 64.0 Å². The number of aromatic nitrogens is 1. The Kier molecular flexibility index (Phi) is 4.65. The molecule has 1 saturated carbocycles. The molecule has 0 spiro atoms. The van der Waals surface area contributed by atoms with Crippen LogP contribution in [0.4, 0.5) is 0 Å². The predicted molar refractivity (Wildman–Crippen MR) is 124 cm³/mol. The number of ether oxygens (including phenoxy) is 1. The van der Waals surface area contributed by atoms with Gasteiger partial charge in [0, 0.05) is 27.6 Å². The molecule has 0 aliphatic heterocycles. The number of Topliss-reactive ketones (excluding diaryl/α,β-unsaturated/α-hetero) is 1. The molecule has 2 heterocycles. The number of rotatable bonds is 4. The highest BCUT2D eigenvalue weighted by Crippen LogP contribution is 2.50. The summed E-state index contributed by atoms with van der Waals surface area (Å²) in [6, 6.07) is 6.19. The molecule has 6 heteroatoms. The van der Waals surface area contributed by atoms with Crippen LogP contribution in [-0.4, -0.2) is 22.6 Å². The number of hydrogen-bond donors (Lipinski definition) is 1. The van der Waals surface area contributed by atoms with Crippen molar-refractivity contribution >= 4 is 28.0 Å². The number of methoxy groups -OCH3 is 1. The molecule has 1 unspecified atom stereocenters. The van der Waals surface area contributed by atoms with Crippen LogP contribution in [0.5, 0.6) is 5.75 Å². The Labute approximate surface area is 185 Å². The Morgan fingerprint density at radius 2 is 2.00 bits per heavy atom. The summed E-state index contributed by atoms with van der Waals surface area (Å²) in [6.45, 7) is 5.88. The second-order valence-corrected chi connectivity index (χ2v) is 10.5. The number of fused-ring (bicyclic) bond motifs is 2. The maximum atomic E-state index is 13.0. The van der Waals surface area contributed by atoms with E-state index >= 15 is 0 Å². The molecule has 5 nitrogen and oxygen atoms in total. The van der Waals surface area contributed by atoms with E-state index in [-0.39, 0.29) is 28.2 Å². The predicted octanol–water partition coefficient (Wildman–Crippen LogP) is 5.38. The Morgan fingerprint density at radius 1 is 1.26 bits per heavy atom. The van der Waals surface area contributed by atoms with Gasteiger partial charge in [-0.2, -0.15) is 0 Å². The minimum atomic E-state index is -0.434. The fourth-order valence-corrected chi connectivity index (χ4v) is 6.17. The van der Waals surface area contributed by atoms with Gasteiger partial charge in [-0.1, -0.05) is 13.8 Å². The molecule has 1 N–H and O–H groups in total. The topological polar surface area (TPSA) is 68.5 Å². The highest BCUT2D eigenvalue weighted by molar-refractivity contribution is 7.15. The number of aliphatic hydroxyl groups is 1. The minimum absolute atomic E-state index is 0.0138. The van der Waals surface area contributed by atoms with Crippen molar-refractivity contribution in [2.75, 3.05) is 7.11 Å². The molecule has 0 saturated heterocycles. The highest BCUT2D eigenvalue weighted by Gasteiger charge is 2.35. The molecule has 2 aliphatic rings. The monoisotopic (exact) mass is 437 g/mol. The van der Waals surface area contributed by atoms with E-state index in [9.17, 15) is 14.7 Å². The van der Waals surface area contributed by atoms with Crippen LogP contribution in [0.1, 0.15) is 79.4 Å². The van der Waals surface area contributed by atoms with Crippen LogP contribution in [0.2, 0.25) is 0 Å². The summed E-state index contributed by atoms with van der Waals surface area (Å²) in [6.07, 6.45) is 5.04. The first-order chi connectivity index (χ1) is 14.7. The van der Waals surface area contributed by atoms with Crippen molar-refractivity contribution in [3.63, 3.8) is 0 Å². The maximum absolute atomic E-state index is 13.0. The minimum Gasteiger partial charge on any atom is -0.494 e. The van der Waals surface area contributed by atoms with Gasteiger partial charge in [-0.15, -0.1) is 11.3 Å². The van der Waals surface area contributed by atoms with Gasteiger partial charge < -0.3 is 14.4 Å². The summed E-state index contributed by atoms with van der Waals surface area (Å²) < 4.78 is 7.95. The van der Waals surface area contributed by atoms with Gasteiger partial charge in [-0.3, -0.25) is 9.59 Å². The van der Waals surface area contributed by atoms with Gasteiger partial charge >= 0.3 is 0 Å². The van der Waals surface area contributed by atoms with Gasteiger partial charge in [0.2, 0.25) is 0 Å². The lowest BCUT2D eigenvalue weighted by atomic mass is 9.75. The summed E-state index contributed by atoms with van der Waals surface area (Å²) >= 11 is 1.61. The number of aliphatic hydroxyl groups excluding tert-OH is 1. The van der Waals surface area contributed by atoms with E-state index in [1.54, 1.807) is 24.6 Å². The lowest BCUT2D eigenvalue weighted by Crippen LogP contribution is -2.24. The third-order valence-corrected chi connectivity index (χ3v) is 8.04. The van der Waals surface area contributed by atoms with Crippen molar-refractivity contribution in [1.29, 1.82) is 0 Å². The van der Waals surface area contributed by atoms with E-state index in [1.165, 1.54) is 12.5 Å². The summed E-state index contributed by atoms with van der Waals surface area (Å²) in [5, 5.41) is 11.1. The van der Waals surface area contributed by atoms with Crippen LogP contribution in [0, 0.1) is 0 Å². The third-order valence-electron chi connectivity index (χ3n) is 6.77. The van der Waals surface area contributed by atoms with Crippen LogP contribution in [0.3, 0.4) is 0 Å². The van der Waals surface area contributed by atoms with Crippen molar-refractivity contribution < 1.29 is 14.6 Å². The third kappa shape index (κ3) is 3.15. The second kappa shape index (κ2) is 7.04. The first-order valence-corrected chi connectivity index (χ1v) is 11.6. The lowest BCUT2D eigenvalue weighted by molar-refractivity contribution is 0.101. The molecule has 3 aromatic rings. The molecule has 1 aromatic carbocycles. The van der Waals surface area contributed by atoms with E-state index in [4.69, 9.17) is 4.74 Å². The molecule has 162 valence electrons. The standard InChI is InChI=1S/C25H27NO4S/c1-13(27)17-12-26(14-5-6-14)21-16(22(17)29)8-7-15(23(21)30-4)20-11-18-24(31-20)19(28)9-10-25(18,2)3/h7-8,11-12,14,19,28H,5-6,9-10H2,1-4H3. The smallest absolute Gasteiger partial charge is 0.200 e.